The molecule has 1 aliphatic rings. The maximum atomic E-state index is 13.0. The number of benzene rings is 1. The van der Waals surface area contributed by atoms with E-state index in [2.05, 4.69) is 43.1 Å². The lowest BCUT2D eigenvalue weighted by Gasteiger charge is -2.17. The van der Waals surface area contributed by atoms with E-state index in [-0.39, 0.29) is 23.7 Å². The number of thiophene rings is 1. The Labute approximate surface area is 188 Å². The number of H-pyrrole nitrogens is 1. The summed E-state index contributed by atoms with van der Waals surface area (Å²) in [6.07, 6.45) is 4.27. The number of amides is 1. The first-order valence-electron chi connectivity index (χ1n) is 9.85. The topological polar surface area (TPSA) is 113 Å². The Morgan fingerprint density at radius 2 is 2.29 bits per heavy atom. The first-order chi connectivity index (χ1) is 14.9. The third kappa shape index (κ3) is 3.59. The Hall–Kier alpha value is -2.85. The molecule has 158 valence electrons. The van der Waals surface area contributed by atoms with E-state index in [1.54, 1.807) is 23.5 Å². The Morgan fingerprint density at radius 1 is 1.45 bits per heavy atom. The standard InChI is InChI=1S/C21H18BrN5O3S/c1-10-2-4-12-15(6-10)31-20-17(12)21(30)27(9-23-20)8-16(28)25-26-18-13-7-11(22)3-5-14(13)24-19(18)29/h3,5,7,9-10,24,29H,2,4,6,8H2,1H3/t10-/m1/s1. The summed E-state index contributed by atoms with van der Waals surface area (Å²) in [4.78, 5) is 34.6. The van der Waals surface area contributed by atoms with Crippen molar-refractivity contribution in [3.8, 4) is 5.88 Å². The molecule has 4 aromatic rings. The number of rotatable bonds is 3. The van der Waals surface area contributed by atoms with Gasteiger partial charge in [0, 0.05) is 14.7 Å². The van der Waals surface area contributed by atoms with Crippen LogP contribution in [0.1, 0.15) is 23.8 Å². The van der Waals surface area contributed by atoms with E-state index in [4.69, 9.17) is 0 Å². The van der Waals surface area contributed by atoms with E-state index < -0.39 is 5.91 Å². The van der Waals surface area contributed by atoms with Crippen molar-refractivity contribution in [2.45, 2.75) is 32.7 Å². The van der Waals surface area contributed by atoms with Gasteiger partial charge in [0.05, 0.1) is 17.2 Å². The van der Waals surface area contributed by atoms with Gasteiger partial charge in [0.25, 0.3) is 11.5 Å². The molecule has 0 saturated heterocycles. The summed E-state index contributed by atoms with van der Waals surface area (Å²) >= 11 is 4.95. The van der Waals surface area contributed by atoms with Crippen molar-refractivity contribution in [1.82, 2.24) is 14.5 Å². The molecular weight excluding hydrogens is 482 g/mol. The van der Waals surface area contributed by atoms with Gasteiger partial charge in [-0.15, -0.1) is 21.6 Å². The van der Waals surface area contributed by atoms with Crippen LogP contribution in [0.2, 0.25) is 0 Å². The second-order valence-corrected chi connectivity index (χ2v) is 9.81. The molecular formula is C21H18BrN5O3S. The zero-order chi connectivity index (χ0) is 21.7. The molecule has 31 heavy (non-hydrogen) atoms. The number of fused-ring (bicyclic) bond motifs is 4. The maximum absolute atomic E-state index is 13.0. The fourth-order valence-corrected chi connectivity index (χ4v) is 5.70. The Kier molecular flexibility index (Phi) is 4.98. The minimum absolute atomic E-state index is 0.173. The van der Waals surface area contributed by atoms with Crippen molar-refractivity contribution in [3.63, 3.8) is 0 Å². The molecule has 0 unspecified atom stereocenters. The lowest BCUT2D eigenvalue weighted by Crippen LogP contribution is -2.24. The zero-order valence-electron chi connectivity index (χ0n) is 16.6. The summed E-state index contributed by atoms with van der Waals surface area (Å²) in [7, 11) is 0. The number of aromatic amines is 1. The summed E-state index contributed by atoms with van der Waals surface area (Å²) in [5.41, 5.74) is 1.70. The summed E-state index contributed by atoms with van der Waals surface area (Å²) in [6.45, 7) is 1.95. The van der Waals surface area contributed by atoms with Crippen LogP contribution in [0.4, 0.5) is 5.69 Å². The highest BCUT2D eigenvalue weighted by molar-refractivity contribution is 9.10. The van der Waals surface area contributed by atoms with Crippen molar-refractivity contribution >= 4 is 60.0 Å². The van der Waals surface area contributed by atoms with Crippen LogP contribution in [-0.4, -0.2) is 25.5 Å². The molecule has 0 saturated carbocycles. The van der Waals surface area contributed by atoms with Gasteiger partial charge in [-0.2, -0.15) is 0 Å². The number of hydrogen-bond donors (Lipinski definition) is 2. The van der Waals surface area contributed by atoms with Gasteiger partial charge in [-0.3, -0.25) is 14.2 Å². The van der Waals surface area contributed by atoms with Crippen LogP contribution < -0.4 is 5.56 Å². The maximum Gasteiger partial charge on any atom is 0.284 e. The van der Waals surface area contributed by atoms with Crippen molar-refractivity contribution < 1.29 is 9.90 Å². The number of carbonyl (C=O) groups excluding carboxylic acids is 1. The SMILES string of the molecule is C[C@@H]1CCc2c(sc3ncn(CC(=O)N=Nc4c(O)[nH]c5ccc(Br)cc45)c(=O)c23)C1. The van der Waals surface area contributed by atoms with E-state index in [1.807, 2.05) is 6.07 Å². The molecule has 5 rings (SSSR count). The number of carbonyl (C=O) groups is 1. The molecule has 1 aromatic carbocycles. The third-order valence-electron chi connectivity index (χ3n) is 5.56. The number of aryl methyl sites for hydroxylation is 1. The zero-order valence-corrected chi connectivity index (χ0v) is 19.0. The van der Waals surface area contributed by atoms with Crippen LogP contribution in [0.3, 0.4) is 0 Å². The first kappa shape index (κ1) is 20.1. The number of aromatic hydroxyl groups is 1. The predicted octanol–water partition coefficient (Wildman–Crippen LogP) is 4.84. The minimum Gasteiger partial charge on any atom is -0.493 e. The van der Waals surface area contributed by atoms with Crippen LogP contribution in [0, 0.1) is 5.92 Å². The van der Waals surface area contributed by atoms with Crippen LogP contribution in [-0.2, 0) is 24.2 Å². The third-order valence-corrected chi connectivity index (χ3v) is 7.22. The highest BCUT2D eigenvalue weighted by Crippen LogP contribution is 2.37. The van der Waals surface area contributed by atoms with Crippen molar-refractivity contribution in [3.05, 3.63) is 49.8 Å². The summed E-state index contributed by atoms with van der Waals surface area (Å²) in [5, 5.41) is 19.0. The summed E-state index contributed by atoms with van der Waals surface area (Å²) in [6, 6.07) is 5.37. The van der Waals surface area contributed by atoms with Crippen LogP contribution in [0.25, 0.3) is 21.1 Å². The second kappa shape index (κ2) is 7.69. The van der Waals surface area contributed by atoms with E-state index >= 15 is 0 Å². The quantitative estimate of drug-likeness (QED) is 0.392. The van der Waals surface area contributed by atoms with Crippen LogP contribution in [0.5, 0.6) is 5.88 Å². The van der Waals surface area contributed by atoms with Crippen molar-refractivity contribution in [2.75, 3.05) is 0 Å². The largest absolute Gasteiger partial charge is 0.493 e. The molecule has 3 heterocycles. The molecule has 0 radical (unpaired) electrons. The van der Waals surface area contributed by atoms with Crippen molar-refractivity contribution in [1.29, 1.82) is 0 Å². The van der Waals surface area contributed by atoms with Gasteiger partial charge >= 0.3 is 0 Å². The number of nitrogens with zero attached hydrogens (tertiary/aromatic N) is 4. The summed E-state index contributed by atoms with van der Waals surface area (Å²) in [5.74, 6) is -0.180. The van der Waals surface area contributed by atoms with Crippen LogP contribution >= 0.6 is 27.3 Å². The molecule has 0 spiro atoms. The van der Waals surface area contributed by atoms with E-state index in [0.29, 0.717) is 22.2 Å². The fraction of sp³-hybridized carbons (Fsp3) is 0.286. The number of hydrogen-bond acceptors (Lipinski definition) is 6. The Balaban J connectivity index is 1.43. The minimum atomic E-state index is -0.607. The van der Waals surface area contributed by atoms with E-state index in [9.17, 15) is 14.7 Å². The van der Waals surface area contributed by atoms with Gasteiger partial charge in [0.15, 0.2) is 5.69 Å². The molecule has 1 amide bonds. The van der Waals surface area contributed by atoms with E-state index in [1.165, 1.54) is 15.8 Å². The average molecular weight is 500 g/mol. The molecule has 1 atom stereocenters. The molecule has 0 fully saturated rings. The van der Waals surface area contributed by atoms with Gasteiger partial charge in [-0.1, -0.05) is 22.9 Å². The normalized spacial score (nSPS) is 16.4. The van der Waals surface area contributed by atoms with Crippen molar-refractivity contribution in [2.24, 2.45) is 16.1 Å². The number of aromatic nitrogens is 3. The monoisotopic (exact) mass is 499 g/mol. The lowest BCUT2D eigenvalue weighted by atomic mass is 9.89. The second-order valence-electron chi connectivity index (χ2n) is 7.82. The number of nitrogens with one attached hydrogen (secondary N) is 1. The highest BCUT2D eigenvalue weighted by Gasteiger charge is 2.23. The lowest BCUT2D eigenvalue weighted by molar-refractivity contribution is -0.118. The predicted molar refractivity (Wildman–Crippen MR) is 122 cm³/mol. The molecule has 2 N–H and O–H groups in total. The van der Waals surface area contributed by atoms with Gasteiger partial charge in [0.2, 0.25) is 5.88 Å². The number of azo groups is 1. The molecule has 1 aliphatic carbocycles. The molecule has 0 bridgehead atoms. The van der Waals surface area contributed by atoms with Gasteiger partial charge in [0.1, 0.15) is 11.4 Å². The smallest absolute Gasteiger partial charge is 0.284 e. The molecule has 0 aliphatic heterocycles. The van der Waals surface area contributed by atoms with Gasteiger partial charge in [-0.25, -0.2) is 4.98 Å². The number of halogens is 1. The van der Waals surface area contributed by atoms with E-state index in [0.717, 1.165) is 34.1 Å². The van der Waals surface area contributed by atoms with Gasteiger partial charge < -0.3 is 10.1 Å². The molecule has 10 heteroatoms. The Bertz CT molecular complexity index is 1430. The molecule has 3 aromatic heterocycles. The highest BCUT2D eigenvalue weighted by atomic mass is 79.9. The fourth-order valence-electron chi connectivity index (χ4n) is 4.00. The summed E-state index contributed by atoms with van der Waals surface area (Å²) < 4.78 is 2.08. The average Bonchev–Trinajstić information content (AvgIpc) is 3.25. The first-order valence-corrected chi connectivity index (χ1v) is 11.5. The Morgan fingerprint density at radius 3 is 3.13 bits per heavy atom. The van der Waals surface area contributed by atoms with Gasteiger partial charge in [-0.05, 0) is 48.9 Å². The van der Waals surface area contributed by atoms with Crippen LogP contribution in [0.15, 0.2) is 44.0 Å². The molecule has 8 nitrogen and oxygen atoms in total.